The van der Waals surface area contributed by atoms with E-state index in [9.17, 15) is 19.2 Å². The zero-order chi connectivity index (χ0) is 43.7. The molecule has 3 unspecified atom stereocenters. The number of quaternary nitrogens is 1. The van der Waals surface area contributed by atoms with Crippen LogP contribution in [0, 0.1) is 0 Å². The lowest BCUT2D eigenvalue weighted by Crippen LogP contribution is -2.60. The van der Waals surface area contributed by atoms with E-state index in [-0.39, 0.29) is 42.3 Å². The van der Waals surface area contributed by atoms with Gasteiger partial charge in [0.25, 0.3) is 0 Å². The molecule has 6 N–H and O–H groups in total. The van der Waals surface area contributed by atoms with Gasteiger partial charge in [-0.1, -0.05) is 141 Å². The van der Waals surface area contributed by atoms with Gasteiger partial charge in [-0.2, -0.15) is 0 Å². The van der Waals surface area contributed by atoms with Gasteiger partial charge in [0, 0.05) is 38.7 Å². The van der Waals surface area contributed by atoms with Crippen LogP contribution in [0.25, 0.3) is 0 Å². The molecule has 0 spiro atoms. The van der Waals surface area contributed by atoms with Crippen LogP contribution in [-0.2, 0) is 19.2 Å². The molecule has 0 bridgehead atoms. The molecule has 1 saturated heterocycles. The molecule has 60 heavy (non-hydrogen) atoms. The molecule has 10 nitrogen and oxygen atoms in total. The number of amides is 4. The topological polar surface area (TPSA) is 148 Å². The molecule has 0 aromatic rings. The molecule has 1 fully saturated rings. The van der Waals surface area contributed by atoms with E-state index in [1.165, 1.54) is 109 Å². The van der Waals surface area contributed by atoms with Crippen LogP contribution < -0.4 is 21.7 Å². The van der Waals surface area contributed by atoms with Gasteiger partial charge in [-0.3, -0.25) is 24.2 Å². The molecule has 1 aliphatic heterocycles. The minimum Gasteiger partial charge on any atom is -0.355 e. The summed E-state index contributed by atoms with van der Waals surface area (Å²) in [7, 11) is 0. The maximum atomic E-state index is 13.3. The second-order valence-corrected chi connectivity index (χ2v) is 17.5. The van der Waals surface area contributed by atoms with E-state index in [1.807, 2.05) is 18.0 Å². The minimum atomic E-state index is -0.852. The van der Waals surface area contributed by atoms with E-state index in [1.54, 1.807) is 0 Å². The van der Waals surface area contributed by atoms with Crippen molar-refractivity contribution >= 4 is 29.8 Å². The minimum absolute atomic E-state index is 0.0209. The number of hydrogen-bond donors (Lipinski definition) is 4. The zero-order valence-corrected chi connectivity index (χ0v) is 39.1. The Hall–Kier alpha value is -3.01. The number of unbranched alkanes of at least 4 members (excludes halogenated alkanes) is 22. The van der Waals surface area contributed by atoms with Crippen LogP contribution in [0.1, 0.15) is 220 Å². The first-order chi connectivity index (χ1) is 29.3. The van der Waals surface area contributed by atoms with Crippen molar-refractivity contribution in [3.63, 3.8) is 0 Å². The fraction of sp³-hybridized carbons (Fsp3) is 0.820. The van der Waals surface area contributed by atoms with E-state index in [0.717, 1.165) is 77.2 Å². The number of nitrogens with one attached hydrogen (secondary N) is 3. The Kier molecular flexibility index (Phi) is 36.7. The average Bonchev–Trinajstić information content (AvgIpc) is 3.70. The van der Waals surface area contributed by atoms with Crippen LogP contribution in [-0.4, -0.2) is 79.0 Å². The van der Waals surface area contributed by atoms with Gasteiger partial charge in [0.15, 0.2) is 0 Å². The molecule has 4 amide bonds. The smallest absolute Gasteiger partial charge is 0.244 e. The van der Waals surface area contributed by atoms with Crippen molar-refractivity contribution in [2.45, 2.75) is 238 Å². The molecule has 1 rings (SSSR count). The third kappa shape index (κ3) is 32.7. The second-order valence-electron chi connectivity index (χ2n) is 17.5. The summed E-state index contributed by atoms with van der Waals surface area (Å²) in [5, 5.41) is 8.70. The second kappa shape index (κ2) is 40.1. The average molecular weight is 842 g/mol. The Morgan fingerprint density at radius 1 is 0.650 bits per heavy atom. The fourth-order valence-electron chi connectivity index (χ4n) is 7.73. The lowest BCUT2D eigenvalue weighted by Gasteiger charge is -2.22. The van der Waals surface area contributed by atoms with Crippen molar-refractivity contribution in [3.05, 3.63) is 24.3 Å². The predicted molar refractivity (Wildman–Crippen MR) is 252 cm³/mol. The lowest BCUT2D eigenvalue weighted by atomic mass is 10.1. The van der Waals surface area contributed by atoms with Gasteiger partial charge in [-0.15, -0.1) is 0 Å². The number of carbonyl (C=O) groups excluding carboxylic acids is 4. The van der Waals surface area contributed by atoms with Gasteiger partial charge >= 0.3 is 0 Å². The van der Waals surface area contributed by atoms with Crippen molar-refractivity contribution in [2.75, 3.05) is 26.2 Å². The summed E-state index contributed by atoms with van der Waals surface area (Å²) in [6.45, 7) is 7.92. The molecule has 0 radical (unpaired) electrons. The molecule has 0 aliphatic carbocycles. The number of carbonyl (C=O) groups is 4. The maximum Gasteiger partial charge on any atom is 0.244 e. The standard InChI is InChI=1S/C50H92N6O4/c1-4-6-8-10-12-14-16-18-20-22-24-26-28-30-32-36-47(57)54-43-46(50(60)53-39-38-52-42-45-35-34-40-56(45)49(59)41-44(3)51)55-48(58)37-33-31-29-27-25-23-21-19-17-15-13-11-9-7-5-2/h18-21,42,44-46H,4-17,22-41,43,51H2,1-3H3,(H,53,60)(H,54,57)(H,55,58)/p+1/b20-18-,21-19-,52-42?. The first-order valence-electron chi connectivity index (χ1n) is 25.0. The molecular weight excluding hydrogens is 749 g/mol. The van der Waals surface area contributed by atoms with E-state index in [0.29, 0.717) is 32.4 Å². The normalized spacial score (nSPS) is 15.3. The summed E-state index contributed by atoms with van der Waals surface area (Å²) in [6.07, 6.45) is 45.4. The highest BCUT2D eigenvalue weighted by molar-refractivity contribution is 5.88. The Morgan fingerprint density at radius 2 is 1.12 bits per heavy atom. The quantitative estimate of drug-likeness (QED) is 0.0276. The van der Waals surface area contributed by atoms with Crippen LogP contribution in [0.2, 0.25) is 0 Å². The molecule has 0 saturated carbocycles. The van der Waals surface area contributed by atoms with Gasteiger partial charge in [0.2, 0.25) is 23.6 Å². The largest absolute Gasteiger partial charge is 0.355 e. The van der Waals surface area contributed by atoms with Crippen LogP contribution in [0.4, 0.5) is 0 Å². The molecular formula is C50H93N6O4+. The molecule has 0 aromatic carbocycles. The van der Waals surface area contributed by atoms with Gasteiger partial charge in [-0.05, 0) is 84.0 Å². The Balaban J connectivity index is 2.42. The van der Waals surface area contributed by atoms with Gasteiger partial charge in [-0.25, -0.2) is 0 Å². The van der Waals surface area contributed by atoms with Crippen molar-refractivity contribution in [1.29, 1.82) is 0 Å². The summed E-state index contributed by atoms with van der Waals surface area (Å²) in [5.74, 6) is -0.476. The molecule has 1 heterocycles. The van der Waals surface area contributed by atoms with Gasteiger partial charge < -0.3 is 26.6 Å². The molecule has 3 atom stereocenters. The van der Waals surface area contributed by atoms with Gasteiger partial charge in [0.1, 0.15) is 6.04 Å². The zero-order valence-electron chi connectivity index (χ0n) is 39.1. The summed E-state index contributed by atoms with van der Waals surface area (Å²) in [4.78, 5) is 58.0. The first-order valence-corrected chi connectivity index (χ1v) is 25.0. The maximum absolute atomic E-state index is 13.3. The Labute approximate surface area is 368 Å². The Morgan fingerprint density at radius 3 is 1.62 bits per heavy atom. The highest BCUT2D eigenvalue weighted by Crippen LogP contribution is 2.17. The summed E-state index contributed by atoms with van der Waals surface area (Å²) in [6, 6.07) is -0.805. The van der Waals surface area contributed by atoms with Crippen LogP contribution in [0.15, 0.2) is 29.3 Å². The molecule has 0 aromatic heterocycles. The number of allylic oxidation sites excluding steroid dienone is 4. The monoisotopic (exact) mass is 842 g/mol. The first kappa shape index (κ1) is 55.0. The SMILES string of the molecule is CCCCCCCC/C=C\CCCCCCCC(=O)NCC(NC(=O)CCCCCCC/C=C\CCCCCCCC)C(=O)NCCN=CC1CCCN1C(=O)CC(C)[NH3+]. The van der Waals surface area contributed by atoms with Crippen LogP contribution in [0.3, 0.4) is 0 Å². The number of nitrogens with zero attached hydrogens (tertiary/aromatic N) is 2. The van der Waals surface area contributed by atoms with Crippen LogP contribution >= 0.6 is 0 Å². The highest BCUT2D eigenvalue weighted by atomic mass is 16.2. The third-order valence-corrected chi connectivity index (χ3v) is 11.4. The van der Waals surface area contributed by atoms with Crippen LogP contribution in [0.5, 0.6) is 0 Å². The Bertz CT molecular complexity index is 1170. The fourth-order valence-corrected chi connectivity index (χ4v) is 7.73. The number of rotatable bonds is 40. The van der Waals surface area contributed by atoms with Crippen molar-refractivity contribution in [2.24, 2.45) is 4.99 Å². The summed E-state index contributed by atoms with van der Waals surface area (Å²) < 4.78 is 0. The van der Waals surface area contributed by atoms with Gasteiger partial charge in [0.05, 0.1) is 25.0 Å². The number of aliphatic imine (C=N–C) groups is 1. The molecule has 346 valence electrons. The van der Waals surface area contributed by atoms with Crippen molar-refractivity contribution < 1.29 is 24.9 Å². The summed E-state index contributed by atoms with van der Waals surface area (Å²) in [5.41, 5.74) is 3.95. The predicted octanol–water partition coefficient (Wildman–Crippen LogP) is 9.86. The third-order valence-electron chi connectivity index (χ3n) is 11.4. The van der Waals surface area contributed by atoms with Crippen molar-refractivity contribution in [3.8, 4) is 0 Å². The highest BCUT2D eigenvalue weighted by Gasteiger charge is 2.28. The van der Waals surface area contributed by atoms with E-state index < -0.39 is 6.04 Å². The van der Waals surface area contributed by atoms with E-state index in [4.69, 9.17) is 0 Å². The number of hydrogen-bond acceptors (Lipinski definition) is 5. The van der Waals surface area contributed by atoms with Crippen molar-refractivity contribution in [1.82, 2.24) is 20.9 Å². The molecule has 1 aliphatic rings. The van der Waals surface area contributed by atoms with E-state index >= 15 is 0 Å². The number of likely N-dealkylation sites (tertiary alicyclic amines) is 1. The lowest BCUT2D eigenvalue weighted by molar-refractivity contribution is -0.412. The summed E-state index contributed by atoms with van der Waals surface area (Å²) >= 11 is 0. The molecule has 10 heteroatoms. The van der Waals surface area contributed by atoms with E-state index in [2.05, 4.69) is 64.8 Å².